The van der Waals surface area contributed by atoms with Gasteiger partial charge in [0.2, 0.25) is 0 Å². The van der Waals surface area contributed by atoms with Gasteiger partial charge in [0, 0.05) is 17.6 Å². The first kappa shape index (κ1) is 14.5. The second-order valence-corrected chi connectivity index (χ2v) is 5.94. The van der Waals surface area contributed by atoms with E-state index in [0.29, 0.717) is 5.92 Å². The summed E-state index contributed by atoms with van der Waals surface area (Å²) in [6.07, 6.45) is 2.36. The fraction of sp³-hybridized carbons (Fsp3) is 0.533. The van der Waals surface area contributed by atoms with E-state index in [1.54, 1.807) is 0 Å². The average molecular weight is 326 g/mol. The first-order chi connectivity index (χ1) is 9.13. The Morgan fingerprint density at radius 2 is 2.05 bits per heavy atom. The van der Waals surface area contributed by atoms with Crippen LogP contribution in [0.1, 0.15) is 36.5 Å². The molecule has 1 N–H and O–H groups in total. The Bertz CT molecular complexity index is 442. The van der Waals surface area contributed by atoms with E-state index in [4.69, 9.17) is 0 Å². The number of hydrogen-bond acceptors (Lipinski definition) is 2. The highest BCUT2D eigenvalue weighted by Crippen LogP contribution is 2.25. The Morgan fingerprint density at radius 1 is 1.42 bits per heavy atom. The van der Waals surface area contributed by atoms with Crippen molar-refractivity contribution in [2.75, 3.05) is 13.1 Å². The zero-order chi connectivity index (χ0) is 13.8. The molecule has 0 radical (unpaired) electrons. The van der Waals surface area contributed by atoms with Crippen LogP contribution in [0.3, 0.4) is 0 Å². The maximum absolute atomic E-state index is 12.4. The molecule has 104 valence electrons. The smallest absolute Gasteiger partial charge is 0.254 e. The summed E-state index contributed by atoms with van der Waals surface area (Å²) in [6, 6.07) is 7.52. The molecule has 1 unspecified atom stereocenters. The van der Waals surface area contributed by atoms with Crippen molar-refractivity contribution in [3.8, 4) is 0 Å². The zero-order valence-electron chi connectivity index (χ0n) is 11.2. The van der Waals surface area contributed by atoms with Crippen LogP contribution in [-0.2, 0) is 0 Å². The fourth-order valence-corrected chi connectivity index (χ4v) is 3.08. The molecule has 4 heteroatoms. The van der Waals surface area contributed by atoms with Crippen LogP contribution in [-0.4, -0.2) is 35.1 Å². The molecule has 1 aromatic rings. The van der Waals surface area contributed by atoms with Gasteiger partial charge in [-0.1, -0.05) is 19.1 Å². The number of aliphatic hydroxyl groups excluding tert-OH is 1. The molecule has 2 rings (SSSR count). The van der Waals surface area contributed by atoms with E-state index in [1.165, 1.54) is 0 Å². The summed E-state index contributed by atoms with van der Waals surface area (Å²) in [5.74, 6) is 0.421. The minimum Gasteiger partial charge on any atom is -0.393 e. The van der Waals surface area contributed by atoms with E-state index in [0.717, 1.165) is 42.4 Å². The fourth-order valence-electron chi connectivity index (χ4n) is 2.63. The molecule has 3 nitrogen and oxygen atoms in total. The lowest BCUT2D eigenvalue weighted by Crippen LogP contribution is -2.41. The van der Waals surface area contributed by atoms with Crippen molar-refractivity contribution in [2.24, 2.45) is 5.92 Å². The van der Waals surface area contributed by atoms with E-state index in [2.05, 4.69) is 15.9 Å². The van der Waals surface area contributed by atoms with Crippen LogP contribution in [0.25, 0.3) is 0 Å². The molecular weight excluding hydrogens is 306 g/mol. The van der Waals surface area contributed by atoms with Crippen LogP contribution in [0.5, 0.6) is 0 Å². The van der Waals surface area contributed by atoms with Gasteiger partial charge in [-0.05, 0) is 53.2 Å². The molecule has 19 heavy (non-hydrogen) atoms. The molecule has 0 spiro atoms. The van der Waals surface area contributed by atoms with Crippen molar-refractivity contribution in [3.05, 3.63) is 34.3 Å². The summed E-state index contributed by atoms with van der Waals surface area (Å²) in [7, 11) is 0. The van der Waals surface area contributed by atoms with Gasteiger partial charge in [-0.25, -0.2) is 0 Å². The Balaban J connectivity index is 1.98. The minimum absolute atomic E-state index is 0.0805. The molecular formula is C15H20BrNO2. The number of benzene rings is 1. The molecule has 0 bridgehead atoms. The number of nitrogens with zero attached hydrogens (tertiary/aromatic N) is 1. The van der Waals surface area contributed by atoms with E-state index >= 15 is 0 Å². The highest BCUT2D eigenvalue weighted by Gasteiger charge is 2.27. The standard InChI is InChI=1S/C15H20BrNO2/c1-2-14(18)11-7-9-17(10-8-11)15(19)12-5-3-4-6-13(12)16/h3-6,11,14,18H,2,7-10H2,1H3. The van der Waals surface area contributed by atoms with E-state index in [1.807, 2.05) is 36.1 Å². The summed E-state index contributed by atoms with van der Waals surface area (Å²) >= 11 is 3.42. The summed E-state index contributed by atoms with van der Waals surface area (Å²) in [5, 5.41) is 9.86. The molecule has 1 atom stereocenters. The lowest BCUT2D eigenvalue weighted by Gasteiger charge is -2.34. The number of carbonyl (C=O) groups excluding carboxylic acids is 1. The number of amides is 1. The number of rotatable bonds is 3. The maximum Gasteiger partial charge on any atom is 0.254 e. The monoisotopic (exact) mass is 325 g/mol. The first-order valence-electron chi connectivity index (χ1n) is 6.85. The van der Waals surface area contributed by atoms with Gasteiger partial charge in [0.1, 0.15) is 0 Å². The second kappa shape index (κ2) is 6.53. The summed E-state index contributed by atoms with van der Waals surface area (Å²) in [4.78, 5) is 14.3. The van der Waals surface area contributed by atoms with Gasteiger partial charge in [-0.2, -0.15) is 0 Å². The topological polar surface area (TPSA) is 40.5 Å². The average Bonchev–Trinajstić information content (AvgIpc) is 2.46. The van der Waals surface area contributed by atoms with Crippen LogP contribution in [0.4, 0.5) is 0 Å². The van der Waals surface area contributed by atoms with E-state index in [-0.39, 0.29) is 12.0 Å². The molecule has 1 aliphatic heterocycles. The molecule has 1 aliphatic rings. The predicted molar refractivity (Wildman–Crippen MR) is 79.1 cm³/mol. The molecule has 0 saturated carbocycles. The molecule has 1 fully saturated rings. The first-order valence-corrected chi connectivity index (χ1v) is 7.64. The second-order valence-electron chi connectivity index (χ2n) is 5.09. The Labute approximate surface area is 122 Å². The molecule has 0 aromatic heterocycles. The van der Waals surface area contributed by atoms with E-state index < -0.39 is 0 Å². The number of likely N-dealkylation sites (tertiary alicyclic amines) is 1. The van der Waals surface area contributed by atoms with Gasteiger partial charge in [-0.15, -0.1) is 0 Å². The normalized spacial score (nSPS) is 18.4. The summed E-state index contributed by atoms with van der Waals surface area (Å²) < 4.78 is 0.843. The highest BCUT2D eigenvalue weighted by molar-refractivity contribution is 9.10. The van der Waals surface area contributed by atoms with Crippen molar-refractivity contribution < 1.29 is 9.90 Å². The molecule has 1 saturated heterocycles. The maximum atomic E-state index is 12.4. The van der Waals surface area contributed by atoms with Crippen LogP contribution >= 0.6 is 15.9 Å². The number of aliphatic hydroxyl groups is 1. The third-order valence-electron chi connectivity index (χ3n) is 3.89. The molecule has 1 heterocycles. The lowest BCUT2D eigenvalue weighted by molar-refractivity contribution is 0.0453. The van der Waals surface area contributed by atoms with Crippen molar-refractivity contribution >= 4 is 21.8 Å². The Morgan fingerprint density at radius 3 is 2.63 bits per heavy atom. The Kier molecular flexibility index (Phi) is 4.99. The third kappa shape index (κ3) is 3.37. The number of piperidine rings is 1. The highest BCUT2D eigenvalue weighted by atomic mass is 79.9. The summed E-state index contributed by atoms with van der Waals surface area (Å²) in [5.41, 5.74) is 0.719. The van der Waals surface area contributed by atoms with Gasteiger partial charge >= 0.3 is 0 Å². The van der Waals surface area contributed by atoms with Crippen LogP contribution in [0.15, 0.2) is 28.7 Å². The quantitative estimate of drug-likeness (QED) is 0.927. The van der Waals surface area contributed by atoms with Crippen LogP contribution in [0, 0.1) is 5.92 Å². The SMILES string of the molecule is CCC(O)C1CCN(C(=O)c2ccccc2Br)CC1. The number of hydrogen-bond donors (Lipinski definition) is 1. The van der Waals surface area contributed by atoms with Crippen LogP contribution in [0.2, 0.25) is 0 Å². The van der Waals surface area contributed by atoms with Gasteiger partial charge < -0.3 is 10.0 Å². The summed E-state index contributed by atoms with van der Waals surface area (Å²) in [6.45, 7) is 3.48. The minimum atomic E-state index is -0.222. The van der Waals surface area contributed by atoms with Gasteiger partial charge in [0.25, 0.3) is 5.91 Å². The third-order valence-corrected chi connectivity index (χ3v) is 4.59. The number of halogens is 1. The molecule has 1 amide bonds. The molecule has 1 aromatic carbocycles. The Hall–Kier alpha value is -0.870. The van der Waals surface area contributed by atoms with Crippen LogP contribution < -0.4 is 0 Å². The zero-order valence-corrected chi connectivity index (χ0v) is 12.8. The van der Waals surface area contributed by atoms with Gasteiger partial charge in [0.15, 0.2) is 0 Å². The number of carbonyl (C=O) groups is 1. The van der Waals surface area contributed by atoms with Crippen molar-refractivity contribution in [1.82, 2.24) is 4.90 Å². The van der Waals surface area contributed by atoms with Crippen molar-refractivity contribution in [3.63, 3.8) is 0 Å². The largest absolute Gasteiger partial charge is 0.393 e. The van der Waals surface area contributed by atoms with Gasteiger partial charge in [0.05, 0.1) is 11.7 Å². The predicted octanol–water partition coefficient (Wildman–Crippen LogP) is 3.07. The van der Waals surface area contributed by atoms with Gasteiger partial charge in [-0.3, -0.25) is 4.79 Å². The van der Waals surface area contributed by atoms with Crippen molar-refractivity contribution in [2.45, 2.75) is 32.3 Å². The van der Waals surface area contributed by atoms with E-state index in [9.17, 15) is 9.90 Å². The van der Waals surface area contributed by atoms with Crippen molar-refractivity contribution in [1.29, 1.82) is 0 Å². The molecule has 0 aliphatic carbocycles. The lowest BCUT2D eigenvalue weighted by atomic mass is 9.90.